The molecule has 8 heteroatoms. The van der Waals surface area contributed by atoms with E-state index in [4.69, 9.17) is 13.9 Å². The van der Waals surface area contributed by atoms with Gasteiger partial charge in [-0.25, -0.2) is 4.99 Å². The van der Waals surface area contributed by atoms with Crippen molar-refractivity contribution in [3.05, 3.63) is 93.0 Å². The van der Waals surface area contributed by atoms with E-state index in [2.05, 4.69) is 11.1 Å². The minimum absolute atomic E-state index is 0.0630. The third-order valence-corrected chi connectivity index (χ3v) is 5.70. The summed E-state index contributed by atoms with van der Waals surface area (Å²) < 4.78 is 16.6. The smallest absolute Gasteiger partial charge is 0.311 e. The molecule has 36 heavy (non-hydrogen) atoms. The molecule has 0 unspecified atom stereocenters. The highest BCUT2D eigenvalue weighted by molar-refractivity contribution is 5.91. The first-order valence-corrected chi connectivity index (χ1v) is 11.0. The van der Waals surface area contributed by atoms with Gasteiger partial charge in [0.1, 0.15) is 23.1 Å². The normalized spacial score (nSPS) is 10.9. The van der Waals surface area contributed by atoms with Crippen molar-refractivity contribution in [1.29, 1.82) is 5.26 Å². The molecule has 0 bridgehead atoms. The second kappa shape index (κ2) is 10.2. The lowest BCUT2D eigenvalue weighted by atomic mass is 9.97. The minimum Gasteiger partial charge on any atom is -0.496 e. The Morgan fingerprint density at radius 3 is 2.06 bits per heavy atom. The number of methoxy groups -OCH3 is 2. The molecule has 0 fully saturated rings. The highest BCUT2D eigenvalue weighted by Crippen LogP contribution is 2.43. The molecule has 0 spiro atoms. The van der Waals surface area contributed by atoms with Gasteiger partial charge >= 0.3 is 5.69 Å². The fourth-order valence-electron chi connectivity index (χ4n) is 3.80. The fourth-order valence-corrected chi connectivity index (χ4v) is 3.80. The molecule has 8 nitrogen and oxygen atoms in total. The highest BCUT2D eigenvalue weighted by Gasteiger charge is 2.23. The number of furan rings is 1. The van der Waals surface area contributed by atoms with E-state index in [9.17, 15) is 15.4 Å². The summed E-state index contributed by atoms with van der Waals surface area (Å²) >= 11 is 0. The van der Waals surface area contributed by atoms with Gasteiger partial charge in [0.15, 0.2) is 0 Å². The van der Waals surface area contributed by atoms with Crippen LogP contribution in [0.25, 0.3) is 22.5 Å². The summed E-state index contributed by atoms with van der Waals surface area (Å²) in [4.78, 5) is 15.4. The van der Waals surface area contributed by atoms with E-state index >= 15 is 0 Å². The number of rotatable bonds is 7. The standard InChI is InChI=1S/C28H23N3O5/c1-17-5-9-19(10-6-17)26-22(15-29)28(36-27(26)20-11-7-18(2)8-12-20)30-16-21-13-23(31(32)33)25(35-4)14-24(21)34-3/h5-14,16H,1-4H3. The molecular weight excluding hydrogens is 458 g/mol. The summed E-state index contributed by atoms with van der Waals surface area (Å²) in [6.07, 6.45) is 1.38. The van der Waals surface area contributed by atoms with Crippen LogP contribution in [0.3, 0.4) is 0 Å². The summed E-state index contributed by atoms with van der Waals surface area (Å²) in [5.74, 6) is 0.983. The lowest BCUT2D eigenvalue weighted by Crippen LogP contribution is -1.98. The van der Waals surface area contributed by atoms with Crippen molar-refractivity contribution in [2.75, 3.05) is 14.2 Å². The zero-order valence-electron chi connectivity index (χ0n) is 20.2. The maximum absolute atomic E-state index is 11.5. The number of nitro benzene ring substituents is 1. The number of aliphatic imine (C=N–C) groups is 1. The van der Waals surface area contributed by atoms with E-state index in [1.54, 1.807) is 0 Å². The molecule has 0 aliphatic heterocycles. The maximum Gasteiger partial charge on any atom is 0.311 e. The first kappa shape index (κ1) is 24.2. The number of nitriles is 1. The van der Waals surface area contributed by atoms with Crippen molar-refractivity contribution in [3.8, 4) is 40.0 Å². The van der Waals surface area contributed by atoms with Gasteiger partial charge in [0, 0.05) is 35.0 Å². The lowest BCUT2D eigenvalue weighted by Gasteiger charge is -2.07. The van der Waals surface area contributed by atoms with Crippen molar-refractivity contribution in [2.24, 2.45) is 4.99 Å². The van der Waals surface area contributed by atoms with Gasteiger partial charge in [0.05, 0.1) is 19.1 Å². The van der Waals surface area contributed by atoms with Crippen molar-refractivity contribution >= 4 is 17.8 Å². The van der Waals surface area contributed by atoms with Gasteiger partial charge in [-0.05, 0) is 19.4 Å². The van der Waals surface area contributed by atoms with Crippen LogP contribution in [0.1, 0.15) is 22.3 Å². The quantitative estimate of drug-likeness (QED) is 0.163. The second-order valence-electron chi connectivity index (χ2n) is 8.11. The topological polar surface area (TPSA) is 111 Å². The summed E-state index contributed by atoms with van der Waals surface area (Å²) in [5, 5.41) is 21.6. The Labute approximate surface area is 208 Å². The first-order valence-electron chi connectivity index (χ1n) is 11.0. The van der Waals surface area contributed by atoms with Crippen molar-refractivity contribution in [1.82, 2.24) is 0 Å². The second-order valence-corrected chi connectivity index (χ2v) is 8.11. The number of nitrogens with zero attached hydrogens (tertiary/aromatic N) is 3. The third-order valence-electron chi connectivity index (χ3n) is 5.70. The predicted molar refractivity (Wildman–Crippen MR) is 137 cm³/mol. The van der Waals surface area contributed by atoms with E-state index < -0.39 is 4.92 Å². The highest BCUT2D eigenvalue weighted by atomic mass is 16.6. The lowest BCUT2D eigenvalue weighted by molar-refractivity contribution is -0.385. The predicted octanol–water partition coefficient (Wildman–Crippen LogP) is 6.78. The van der Waals surface area contributed by atoms with Crippen LogP contribution in [0.5, 0.6) is 11.5 Å². The molecule has 0 atom stereocenters. The van der Waals surface area contributed by atoms with Crippen molar-refractivity contribution in [3.63, 3.8) is 0 Å². The van der Waals surface area contributed by atoms with Gasteiger partial charge in [-0.3, -0.25) is 10.1 Å². The Hall–Kier alpha value is -4.90. The molecular formula is C28H23N3O5. The molecule has 0 amide bonds. The zero-order chi connectivity index (χ0) is 25.8. The summed E-state index contributed by atoms with van der Waals surface area (Å²) in [5.41, 5.74) is 4.77. The van der Waals surface area contributed by atoms with E-state index in [0.717, 1.165) is 22.3 Å². The molecule has 1 heterocycles. The Kier molecular flexibility index (Phi) is 6.84. The summed E-state index contributed by atoms with van der Waals surface area (Å²) in [6, 6.07) is 20.5. The number of hydrogen-bond donors (Lipinski definition) is 0. The van der Waals surface area contributed by atoms with Crippen LogP contribution in [-0.2, 0) is 0 Å². The molecule has 1 aromatic heterocycles. The fraction of sp³-hybridized carbons (Fsp3) is 0.143. The van der Waals surface area contributed by atoms with Crippen LogP contribution >= 0.6 is 0 Å². The third kappa shape index (κ3) is 4.68. The van der Waals surface area contributed by atoms with E-state index in [0.29, 0.717) is 22.6 Å². The number of nitro groups is 1. The van der Waals surface area contributed by atoms with E-state index in [1.807, 2.05) is 62.4 Å². The molecule has 0 aliphatic rings. The van der Waals surface area contributed by atoms with Gasteiger partial charge in [-0.1, -0.05) is 59.7 Å². The van der Waals surface area contributed by atoms with Gasteiger partial charge in [0.2, 0.25) is 11.6 Å². The Morgan fingerprint density at radius 1 is 0.944 bits per heavy atom. The summed E-state index contributed by atoms with van der Waals surface area (Å²) in [6.45, 7) is 3.98. The van der Waals surface area contributed by atoms with Gasteiger partial charge in [-0.15, -0.1) is 0 Å². The number of hydrogen-bond acceptors (Lipinski definition) is 7. The van der Waals surface area contributed by atoms with Gasteiger partial charge in [0.25, 0.3) is 0 Å². The maximum atomic E-state index is 11.5. The number of aryl methyl sites for hydroxylation is 2. The minimum atomic E-state index is -0.547. The van der Waals surface area contributed by atoms with Gasteiger partial charge < -0.3 is 13.9 Å². The number of benzene rings is 3. The van der Waals surface area contributed by atoms with Crippen LogP contribution in [0.2, 0.25) is 0 Å². The van der Waals surface area contributed by atoms with Crippen LogP contribution in [0, 0.1) is 35.3 Å². The average molecular weight is 482 g/mol. The van der Waals surface area contributed by atoms with Crippen molar-refractivity contribution in [2.45, 2.75) is 13.8 Å². The summed E-state index contributed by atoms with van der Waals surface area (Å²) in [7, 11) is 2.79. The molecule has 0 N–H and O–H groups in total. The molecule has 0 aliphatic carbocycles. The molecule has 0 saturated heterocycles. The molecule has 0 saturated carbocycles. The molecule has 0 radical (unpaired) electrons. The monoisotopic (exact) mass is 481 g/mol. The average Bonchev–Trinajstić information content (AvgIpc) is 3.26. The first-order chi connectivity index (χ1) is 17.4. The largest absolute Gasteiger partial charge is 0.496 e. The van der Waals surface area contributed by atoms with Crippen molar-refractivity contribution < 1.29 is 18.8 Å². The zero-order valence-corrected chi connectivity index (χ0v) is 20.2. The van der Waals surface area contributed by atoms with Crippen LogP contribution in [-0.4, -0.2) is 25.4 Å². The van der Waals surface area contributed by atoms with Gasteiger partial charge in [-0.2, -0.15) is 5.26 Å². The van der Waals surface area contributed by atoms with Crippen LogP contribution in [0.4, 0.5) is 11.6 Å². The Morgan fingerprint density at radius 2 is 1.53 bits per heavy atom. The molecule has 180 valence electrons. The molecule has 4 rings (SSSR count). The molecule has 3 aromatic carbocycles. The van der Waals surface area contributed by atoms with E-state index in [-0.39, 0.29) is 22.9 Å². The van der Waals surface area contributed by atoms with Crippen LogP contribution < -0.4 is 9.47 Å². The molecule has 4 aromatic rings. The number of ether oxygens (including phenoxy) is 2. The van der Waals surface area contributed by atoms with E-state index in [1.165, 1.54) is 32.6 Å². The Balaban J connectivity index is 1.90. The van der Waals surface area contributed by atoms with Crippen LogP contribution in [0.15, 0.2) is 70.1 Å². The SMILES string of the molecule is COc1cc(OC)c([N+](=O)[O-])cc1C=Nc1oc(-c2ccc(C)cc2)c(-c2ccc(C)cc2)c1C#N. The Bertz CT molecular complexity index is 1490.